The largest absolute Gasteiger partial charge is 0.376 e. The smallest absolute Gasteiger partial charge is 0.234 e. The zero-order chi connectivity index (χ0) is 20.9. The van der Waals surface area contributed by atoms with Crippen molar-refractivity contribution in [2.45, 2.75) is 30.6 Å². The number of anilines is 1. The first-order valence-corrected chi connectivity index (χ1v) is 11.4. The van der Waals surface area contributed by atoms with Crippen LogP contribution < -0.4 is 5.32 Å². The number of hydrogen-bond donors (Lipinski definition) is 1. The van der Waals surface area contributed by atoms with E-state index in [0.29, 0.717) is 17.5 Å². The number of ether oxygens (including phenoxy) is 1. The van der Waals surface area contributed by atoms with Crippen LogP contribution in [0.1, 0.15) is 12.8 Å². The lowest BCUT2D eigenvalue weighted by atomic mass is 10.2. The van der Waals surface area contributed by atoms with Crippen molar-refractivity contribution < 1.29 is 13.9 Å². The highest BCUT2D eigenvalue weighted by Gasteiger charge is 2.22. The molecule has 0 spiro atoms. The molecule has 1 aliphatic rings. The van der Waals surface area contributed by atoms with Crippen molar-refractivity contribution in [3.63, 3.8) is 0 Å². The number of hydrogen-bond acceptors (Lipinski definition) is 5. The van der Waals surface area contributed by atoms with E-state index in [1.807, 2.05) is 28.8 Å². The monoisotopic (exact) mass is 490 g/mol. The maximum Gasteiger partial charge on any atom is 0.234 e. The van der Waals surface area contributed by atoms with E-state index in [9.17, 15) is 9.18 Å². The molecular weight excluding hydrogens is 471 g/mol. The van der Waals surface area contributed by atoms with E-state index in [-0.39, 0.29) is 23.6 Å². The minimum Gasteiger partial charge on any atom is -0.376 e. The number of para-hydroxylation sites is 1. The molecular formula is C21H20BrFN4O2S. The molecule has 1 fully saturated rings. The first-order valence-electron chi connectivity index (χ1n) is 9.58. The van der Waals surface area contributed by atoms with Gasteiger partial charge in [-0.15, -0.1) is 10.2 Å². The zero-order valence-corrected chi connectivity index (χ0v) is 18.5. The molecule has 1 aromatic heterocycles. The van der Waals surface area contributed by atoms with Gasteiger partial charge in [0.15, 0.2) is 11.0 Å². The molecule has 3 aromatic rings. The molecule has 0 radical (unpaired) electrons. The first kappa shape index (κ1) is 21.0. The van der Waals surface area contributed by atoms with Crippen molar-refractivity contribution in [3.8, 4) is 11.4 Å². The highest BCUT2D eigenvalue weighted by Crippen LogP contribution is 2.27. The summed E-state index contributed by atoms with van der Waals surface area (Å²) >= 11 is 4.74. The summed E-state index contributed by atoms with van der Waals surface area (Å²) in [5, 5.41) is 12.1. The second kappa shape index (κ2) is 9.72. The van der Waals surface area contributed by atoms with E-state index in [1.54, 1.807) is 12.1 Å². The Bertz CT molecular complexity index is 1020. The predicted molar refractivity (Wildman–Crippen MR) is 118 cm³/mol. The van der Waals surface area contributed by atoms with E-state index in [1.165, 1.54) is 23.9 Å². The molecule has 0 saturated carbocycles. The number of nitrogens with zero attached hydrogens (tertiary/aromatic N) is 3. The average molecular weight is 491 g/mol. The van der Waals surface area contributed by atoms with Gasteiger partial charge in [-0.25, -0.2) is 4.39 Å². The summed E-state index contributed by atoms with van der Waals surface area (Å²) < 4.78 is 21.9. The summed E-state index contributed by atoms with van der Waals surface area (Å²) in [6.07, 6.45) is 2.07. The maximum atomic E-state index is 13.3. The van der Waals surface area contributed by atoms with E-state index >= 15 is 0 Å². The lowest BCUT2D eigenvalue weighted by molar-refractivity contribution is -0.113. The van der Waals surface area contributed by atoms with E-state index in [4.69, 9.17) is 4.74 Å². The number of nitrogens with one attached hydrogen (secondary N) is 1. The van der Waals surface area contributed by atoms with Crippen LogP contribution in [0.25, 0.3) is 11.4 Å². The van der Waals surface area contributed by atoms with Gasteiger partial charge < -0.3 is 10.1 Å². The van der Waals surface area contributed by atoms with Crippen LogP contribution in [0.2, 0.25) is 0 Å². The molecule has 1 amide bonds. The molecule has 1 unspecified atom stereocenters. The third-order valence-electron chi connectivity index (χ3n) is 4.71. The number of amides is 1. The number of rotatable bonds is 7. The second-order valence-electron chi connectivity index (χ2n) is 6.88. The molecule has 2 aromatic carbocycles. The van der Waals surface area contributed by atoms with Crippen LogP contribution in [0.5, 0.6) is 0 Å². The van der Waals surface area contributed by atoms with Crippen molar-refractivity contribution >= 4 is 39.3 Å². The fraction of sp³-hybridized carbons (Fsp3) is 0.286. The molecule has 156 valence electrons. The van der Waals surface area contributed by atoms with Gasteiger partial charge in [0.1, 0.15) is 5.82 Å². The predicted octanol–water partition coefficient (Wildman–Crippen LogP) is 4.76. The van der Waals surface area contributed by atoms with Gasteiger partial charge in [0.25, 0.3) is 0 Å². The molecule has 1 aliphatic heterocycles. The summed E-state index contributed by atoms with van der Waals surface area (Å²) in [5.74, 6) is 0.386. The highest BCUT2D eigenvalue weighted by atomic mass is 79.9. The van der Waals surface area contributed by atoms with Gasteiger partial charge in [-0.2, -0.15) is 0 Å². The summed E-state index contributed by atoms with van der Waals surface area (Å²) in [7, 11) is 0. The Morgan fingerprint density at radius 1 is 1.23 bits per heavy atom. The first-order chi connectivity index (χ1) is 14.6. The van der Waals surface area contributed by atoms with Crippen LogP contribution in [0.3, 0.4) is 0 Å². The molecule has 6 nitrogen and oxygen atoms in total. The molecule has 1 saturated heterocycles. The van der Waals surface area contributed by atoms with Gasteiger partial charge in [-0.3, -0.25) is 9.36 Å². The molecule has 2 heterocycles. The van der Waals surface area contributed by atoms with Crippen LogP contribution in [0.4, 0.5) is 10.1 Å². The normalized spacial score (nSPS) is 16.0. The average Bonchev–Trinajstić information content (AvgIpc) is 3.39. The zero-order valence-electron chi connectivity index (χ0n) is 16.1. The molecule has 9 heteroatoms. The number of carbonyl (C=O) groups is 1. The third kappa shape index (κ3) is 5.08. The Labute approximate surface area is 186 Å². The van der Waals surface area contributed by atoms with Crippen molar-refractivity contribution in [2.75, 3.05) is 17.7 Å². The fourth-order valence-electron chi connectivity index (χ4n) is 3.24. The van der Waals surface area contributed by atoms with Gasteiger partial charge in [0.2, 0.25) is 5.91 Å². The summed E-state index contributed by atoms with van der Waals surface area (Å²) in [6.45, 7) is 1.34. The van der Waals surface area contributed by atoms with Crippen molar-refractivity contribution in [3.05, 3.63) is 58.8 Å². The molecule has 30 heavy (non-hydrogen) atoms. The number of benzene rings is 2. The van der Waals surface area contributed by atoms with E-state index in [0.717, 1.165) is 35.2 Å². The van der Waals surface area contributed by atoms with Crippen LogP contribution in [-0.4, -0.2) is 39.1 Å². The van der Waals surface area contributed by atoms with Crippen molar-refractivity contribution in [1.29, 1.82) is 0 Å². The van der Waals surface area contributed by atoms with Gasteiger partial charge in [-0.1, -0.05) is 23.9 Å². The fourth-order valence-corrected chi connectivity index (χ4v) is 4.38. The van der Waals surface area contributed by atoms with E-state index in [2.05, 4.69) is 31.4 Å². The lowest BCUT2D eigenvalue weighted by Crippen LogP contribution is -2.18. The summed E-state index contributed by atoms with van der Waals surface area (Å²) in [5.41, 5.74) is 1.49. The lowest BCUT2D eigenvalue weighted by Gasteiger charge is -2.15. The number of halogens is 2. The minimum absolute atomic E-state index is 0.0775. The number of carbonyl (C=O) groups excluding carboxylic acids is 1. The third-order valence-corrected chi connectivity index (χ3v) is 6.37. The molecule has 4 rings (SSSR count). The molecule has 0 aliphatic carbocycles. The Kier molecular flexibility index (Phi) is 6.81. The SMILES string of the molecule is O=C(CSc1nnc(-c2ccc(F)cc2)n1CC1CCCO1)Nc1ccccc1Br. The molecule has 0 bridgehead atoms. The molecule has 1 atom stereocenters. The van der Waals surface area contributed by atoms with Crippen molar-refractivity contribution in [2.24, 2.45) is 0 Å². The van der Waals surface area contributed by atoms with Crippen molar-refractivity contribution in [1.82, 2.24) is 14.8 Å². The standard InChI is InChI=1S/C21H20BrFN4O2S/c22-17-5-1-2-6-18(17)24-19(28)13-30-21-26-25-20(14-7-9-15(23)10-8-14)27(21)12-16-4-3-11-29-16/h1-2,5-10,16H,3-4,11-13H2,(H,24,28). The summed E-state index contributed by atoms with van der Waals surface area (Å²) in [6, 6.07) is 13.6. The van der Waals surface area contributed by atoms with E-state index < -0.39 is 0 Å². The van der Waals surface area contributed by atoms with Gasteiger partial charge in [-0.05, 0) is 65.2 Å². The highest BCUT2D eigenvalue weighted by molar-refractivity contribution is 9.10. The Morgan fingerprint density at radius 2 is 2.03 bits per heavy atom. The molecule has 1 N–H and O–H groups in total. The Morgan fingerprint density at radius 3 is 2.77 bits per heavy atom. The Balaban J connectivity index is 1.51. The van der Waals surface area contributed by atoms with Gasteiger partial charge >= 0.3 is 0 Å². The summed E-state index contributed by atoms with van der Waals surface area (Å²) in [4.78, 5) is 12.4. The van der Waals surface area contributed by atoms with Gasteiger partial charge in [0, 0.05) is 16.6 Å². The van der Waals surface area contributed by atoms with Gasteiger partial charge in [0.05, 0.1) is 24.1 Å². The second-order valence-corrected chi connectivity index (χ2v) is 8.67. The number of thioether (sulfide) groups is 1. The number of aromatic nitrogens is 3. The maximum absolute atomic E-state index is 13.3. The van der Waals surface area contributed by atoms with Crippen LogP contribution in [0, 0.1) is 5.82 Å². The van der Waals surface area contributed by atoms with Crippen LogP contribution >= 0.6 is 27.7 Å². The topological polar surface area (TPSA) is 69.0 Å². The Hall–Kier alpha value is -2.23. The van der Waals surface area contributed by atoms with Crippen LogP contribution in [-0.2, 0) is 16.1 Å². The minimum atomic E-state index is -0.303. The quantitative estimate of drug-likeness (QED) is 0.483. The van der Waals surface area contributed by atoms with Crippen LogP contribution in [0.15, 0.2) is 58.2 Å².